The number of hydrogen-bond acceptors (Lipinski definition) is 5. The molecule has 0 fully saturated rings. The molecular formula is C18H19BrN4O3. The summed E-state index contributed by atoms with van der Waals surface area (Å²) in [6, 6.07) is 10.4. The number of nitrogens with zero attached hydrogens (tertiary/aromatic N) is 2. The van der Waals surface area contributed by atoms with Crippen molar-refractivity contribution in [3.63, 3.8) is 0 Å². The number of fused-ring (bicyclic) bond motifs is 1. The van der Waals surface area contributed by atoms with E-state index in [2.05, 4.69) is 26.2 Å². The molecule has 1 aromatic carbocycles. The van der Waals surface area contributed by atoms with Gasteiger partial charge in [-0.3, -0.25) is 14.5 Å². The van der Waals surface area contributed by atoms with Gasteiger partial charge in [0.25, 0.3) is 5.91 Å². The Bertz CT molecular complexity index is 839. The van der Waals surface area contributed by atoms with Gasteiger partial charge in [-0.15, -0.1) is 0 Å². The molecule has 1 aromatic heterocycles. The maximum atomic E-state index is 12.8. The van der Waals surface area contributed by atoms with Gasteiger partial charge in [0.05, 0.1) is 0 Å². The smallest absolute Gasteiger partial charge is 0.270 e. The van der Waals surface area contributed by atoms with Gasteiger partial charge in [0.15, 0.2) is 17.7 Å². The van der Waals surface area contributed by atoms with Gasteiger partial charge in [0.2, 0.25) is 5.91 Å². The average molecular weight is 419 g/mol. The van der Waals surface area contributed by atoms with Crippen molar-refractivity contribution >= 4 is 45.1 Å². The number of carbonyl (C=O) groups is 2. The SMILES string of the molecule is CC(C)C1Oc2ccc(N)nc2N(CC(=O)Nc2ccc(Br)cc2)C1=O. The van der Waals surface area contributed by atoms with Crippen LogP contribution >= 0.6 is 15.9 Å². The molecule has 3 rings (SSSR count). The Labute approximate surface area is 159 Å². The Morgan fingerprint density at radius 1 is 1.31 bits per heavy atom. The number of halogens is 1. The monoisotopic (exact) mass is 418 g/mol. The minimum atomic E-state index is -0.673. The average Bonchev–Trinajstić information content (AvgIpc) is 2.59. The van der Waals surface area contributed by atoms with Crippen LogP contribution < -0.4 is 20.7 Å². The molecule has 0 saturated heterocycles. The van der Waals surface area contributed by atoms with Crippen molar-refractivity contribution in [2.24, 2.45) is 5.92 Å². The Morgan fingerprint density at radius 2 is 2.00 bits per heavy atom. The summed E-state index contributed by atoms with van der Waals surface area (Å²) in [6.45, 7) is 3.60. The van der Waals surface area contributed by atoms with Gasteiger partial charge < -0.3 is 15.8 Å². The van der Waals surface area contributed by atoms with Crippen LogP contribution in [0.25, 0.3) is 0 Å². The highest BCUT2D eigenvalue weighted by Crippen LogP contribution is 2.34. The predicted octanol–water partition coefficient (Wildman–Crippen LogP) is 2.82. The van der Waals surface area contributed by atoms with E-state index in [0.717, 1.165) is 4.47 Å². The summed E-state index contributed by atoms with van der Waals surface area (Å²) in [7, 11) is 0. The number of ether oxygens (including phenoxy) is 1. The molecule has 0 bridgehead atoms. The first-order valence-corrected chi connectivity index (χ1v) is 8.94. The number of benzene rings is 1. The zero-order valence-corrected chi connectivity index (χ0v) is 16.0. The lowest BCUT2D eigenvalue weighted by molar-refractivity contribution is -0.129. The standard InChI is InChI=1S/C18H19BrN4O3/c1-10(2)16-18(25)23(17-13(26-16)7-8-14(20)22-17)9-15(24)21-12-5-3-11(19)4-6-12/h3-8,10,16H,9H2,1-2H3,(H2,20,22)(H,21,24). The number of hydrogen-bond donors (Lipinski definition) is 2. The third-order valence-corrected chi connectivity index (χ3v) is 4.44. The van der Waals surface area contributed by atoms with Crippen molar-refractivity contribution < 1.29 is 14.3 Å². The number of nitrogens with two attached hydrogens (primary N) is 1. The lowest BCUT2D eigenvalue weighted by atomic mass is 10.0. The molecule has 2 amide bonds. The second-order valence-electron chi connectivity index (χ2n) is 6.32. The van der Waals surface area contributed by atoms with Crippen LogP contribution in [0.1, 0.15) is 13.8 Å². The molecule has 2 heterocycles. The number of nitrogens with one attached hydrogen (secondary N) is 1. The number of nitrogen functional groups attached to an aromatic ring is 1. The Hall–Kier alpha value is -2.61. The van der Waals surface area contributed by atoms with Crippen molar-refractivity contribution in [3.05, 3.63) is 40.9 Å². The highest BCUT2D eigenvalue weighted by atomic mass is 79.9. The molecule has 136 valence electrons. The summed E-state index contributed by atoms with van der Waals surface area (Å²) >= 11 is 3.34. The molecule has 2 aromatic rings. The number of rotatable bonds is 4. The molecule has 0 spiro atoms. The molecule has 1 atom stereocenters. The van der Waals surface area contributed by atoms with E-state index in [0.29, 0.717) is 11.4 Å². The van der Waals surface area contributed by atoms with Crippen LogP contribution in [-0.4, -0.2) is 29.4 Å². The normalized spacial score (nSPS) is 16.2. The lowest BCUT2D eigenvalue weighted by Crippen LogP contribution is -2.51. The maximum absolute atomic E-state index is 12.8. The van der Waals surface area contributed by atoms with E-state index in [1.165, 1.54) is 4.90 Å². The van der Waals surface area contributed by atoms with Crippen LogP contribution in [0.4, 0.5) is 17.3 Å². The van der Waals surface area contributed by atoms with Gasteiger partial charge in [-0.1, -0.05) is 29.8 Å². The fraction of sp³-hybridized carbons (Fsp3) is 0.278. The van der Waals surface area contributed by atoms with Crippen LogP contribution in [0, 0.1) is 5.92 Å². The van der Waals surface area contributed by atoms with Gasteiger partial charge in [-0.05, 0) is 42.3 Å². The summed E-state index contributed by atoms with van der Waals surface area (Å²) in [5, 5.41) is 2.77. The fourth-order valence-electron chi connectivity index (χ4n) is 2.63. The zero-order valence-electron chi connectivity index (χ0n) is 14.4. The first-order valence-electron chi connectivity index (χ1n) is 8.15. The van der Waals surface area contributed by atoms with E-state index in [4.69, 9.17) is 10.5 Å². The third kappa shape index (κ3) is 3.80. The molecule has 7 nitrogen and oxygen atoms in total. The molecule has 1 unspecified atom stereocenters. The minimum Gasteiger partial charge on any atom is -0.476 e. The summed E-state index contributed by atoms with van der Waals surface area (Å²) in [5.41, 5.74) is 6.38. The molecule has 3 N–H and O–H groups in total. The molecule has 1 aliphatic heterocycles. The first-order chi connectivity index (χ1) is 12.3. The van der Waals surface area contributed by atoms with Gasteiger partial charge in [-0.25, -0.2) is 4.98 Å². The Morgan fingerprint density at radius 3 is 2.65 bits per heavy atom. The van der Waals surface area contributed by atoms with Crippen molar-refractivity contribution in [3.8, 4) is 5.75 Å². The van der Waals surface area contributed by atoms with Gasteiger partial charge in [0.1, 0.15) is 12.4 Å². The summed E-state index contributed by atoms with van der Waals surface area (Å²) in [6.07, 6.45) is -0.673. The lowest BCUT2D eigenvalue weighted by Gasteiger charge is -2.34. The van der Waals surface area contributed by atoms with Crippen LogP contribution in [-0.2, 0) is 9.59 Å². The third-order valence-electron chi connectivity index (χ3n) is 3.92. The number of carbonyl (C=O) groups excluding carboxylic acids is 2. The summed E-state index contributed by atoms with van der Waals surface area (Å²) in [5.74, 6) is 0.260. The molecular weight excluding hydrogens is 400 g/mol. The highest BCUT2D eigenvalue weighted by Gasteiger charge is 2.38. The number of aromatic nitrogens is 1. The van der Waals surface area contributed by atoms with E-state index >= 15 is 0 Å². The fourth-order valence-corrected chi connectivity index (χ4v) is 2.90. The minimum absolute atomic E-state index is 0.0507. The van der Waals surface area contributed by atoms with Crippen molar-refractivity contribution in [1.82, 2.24) is 4.98 Å². The molecule has 1 aliphatic rings. The Kier molecular flexibility index (Phi) is 5.13. The van der Waals surface area contributed by atoms with E-state index in [9.17, 15) is 9.59 Å². The van der Waals surface area contributed by atoms with E-state index < -0.39 is 6.10 Å². The van der Waals surface area contributed by atoms with Crippen molar-refractivity contribution in [2.75, 3.05) is 22.5 Å². The summed E-state index contributed by atoms with van der Waals surface area (Å²) < 4.78 is 6.67. The molecule has 0 aliphatic carbocycles. The van der Waals surface area contributed by atoms with E-state index in [1.807, 2.05) is 26.0 Å². The molecule has 0 radical (unpaired) electrons. The topological polar surface area (TPSA) is 97.6 Å². The second-order valence-corrected chi connectivity index (χ2v) is 7.24. The van der Waals surface area contributed by atoms with E-state index in [-0.39, 0.29) is 35.9 Å². The van der Waals surface area contributed by atoms with Crippen molar-refractivity contribution in [1.29, 1.82) is 0 Å². The van der Waals surface area contributed by atoms with Crippen molar-refractivity contribution in [2.45, 2.75) is 20.0 Å². The largest absolute Gasteiger partial charge is 0.476 e. The van der Waals surface area contributed by atoms with E-state index in [1.54, 1.807) is 24.3 Å². The number of pyridine rings is 1. The first kappa shape index (κ1) is 18.2. The summed E-state index contributed by atoms with van der Waals surface area (Å²) in [4.78, 5) is 30.8. The molecule has 8 heteroatoms. The zero-order chi connectivity index (χ0) is 18.8. The van der Waals surface area contributed by atoms with Gasteiger partial charge >= 0.3 is 0 Å². The quantitative estimate of drug-likeness (QED) is 0.795. The highest BCUT2D eigenvalue weighted by molar-refractivity contribution is 9.10. The van der Waals surface area contributed by atoms with Gasteiger partial charge in [-0.2, -0.15) is 0 Å². The van der Waals surface area contributed by atoms with Gasteiger partial charge in [0, 0.05) is 10.2 Å². The van der Waals surface area contributed by atoms with Crippen LogP contribution in [0.2, 0.25) is 0 Å². The number of amides is 2. The van der Waals surface area contributed by atoms with Crippen LogP contribution in [0.15, 0.2) is 40.9 Å². The maximum Gasteiger partial charge on any atom is 0.270 e. The molecule has 26 heavy (non-hydrogen) atoms. The predicted molar refractivity (Wildman–Crippen MR) is 103 cm³/mol. The van der Waals surface area contributed by atoms with Crippen LogP contribution in [0.5, 0.6) is 5.75 Å². The Balaban J connectivity index is 1.84. The number of anilines is 3. The second kappa shape index (κ2) is 7.33. The molecule has 0 saturated carbocycles. The van der Waals surface area contributed by atoms with Crippen LogP contribution in [0.3, 0.4) is 0 Å².